The lowest BCUT2D eigenvalue weighted by molar-refractivity contribution is -0.131. The maximum Gasteiger partial charge on any atom is 0.283 e. The van der Waals surface area contributed by atoms with Crippen LogP contribution in [-0.2, 0) is 4.79 Å². The number of carbonyl (C=O) groups is 2. The monoisotopic (exact) mass is 376 g/mol. The van der Waals surface area contributed by atoms with Gasteiger partial charge in [0.05, 0.1) is 0 Å². The molecule has 3 rings (SSSR count). The molecular formula is C16H13BrN2O4. The molecule has 118 valence electrons. The third-order valence-corrected chi connectivity index (χ3v) is 3.74. The maximum absolute atomic E-state index is 12.1. The van der Waals surface area contributed by atoms with Gasteiger partial charge in [-0.3, -0.25) is 20.4 Å². The summed E-state index contributed by atoms with van der Waals surface area (Å²) in [6.45, 7) is 0.0804. The molecule has 1 aliphatic rings. The number of benzene rings is 2. The molecule has 2 N–H and O–H groups in total. The maximum atomic E-state index is 12.1. The van der Waals surface area contributed by atoms with E-state index in [1.54, 1.807) is 42.5 Å². The first-order valence-corrected chi connectivity index (χ1v) is 7.67. The van der Waals surface area contributed by atoms with Gasteiger partial charge in [-0.2, -0.15) is 0 Å². The van der Waals surface area contributed by atoms with Crippen LogP contribution in [0.5, 0.6) is 11.5 Å². The van der Waals surface area contributed by atoms with Gasteiger partial charge in [-0.05, 0) is 36.4 Å². The first-order chi connectivity index (χ1) is 11.1. The lowest BCUT2D eigenvalue weighted by atomic mass is 10.2. The molecule has 0 aromatic heterocycles. The van der Waals surface area contributed by atoms with Gasteiger partial charge in [0.2, 0.25) is 6.10 Å². The summed E-state index contributed by atoms with van der Waals surface area (Å²) >= 11 is 3.29. The van der Waals surface area contributed by atoms with Crippen molar-refractivity contribution >= 4 is 27.7 Å². The van der Waals surface area contributed by atoms with E-state index in [-0.39, 0.29) is 6.61 Å². The van der Waals surface area contributed by atoms with E-state index < -0.39 is 17.9 Å². The quantitative estimate of drug-likeness (QED) is 0.786. The van der Waals surface area contributed by atoms with E-state index in [4.69, 9.17) is 9.47 Å². The van der Waals surface area contributed by atoms with Crippen LogP contribution in [0.3, 0.4) is 0 Å². The molecule has 0 saturated carbocycles. The molecule has 2 aromatic rings. The number of rotatable bonds is 2. The Morgan fingerprint density at radius 3 is 2.43 bits per heavy atom. The van der Waals surface area contributed by atoms with Crippen molar-refractivity contribution in [2.24, 2.45) is 0 Å². The van der Waals surface area contributed by atoms with Gasteiger partial charge >= 0.3 is 0 Å². The molecule has 23 heavy (non-hydrogen) atoms. The Balaban J connectivity index is 1.56. The number of hydrazine groups is 1. The number of carbonyl (C=O) groups excluding carboxylic acids is 2. The molecule has 2 aromatic carbocycles. The van der Waals surface area contributed by atoms with E-state index >= 15 is 0 Å². The molecule has 1 heterocycles. The van der Waals surface area contributed by atoms with E-state index in [2.05, 4.69) is 26.8 Å². The summed E-state index contributed by atoms with van der Waals surface area (Å²) in [6, 6.07) is 13.9. The second-order valence-corrected chi connectivity index (χ2v) is 5.73. The number of fused-ring (bicyclic) bond motifs is 1. The summed E-state index contributed by atoms with van der Waals surface area (Å²) in [5.74, 6) is 0.196. The van der Waals surface area contributed by atoms with Crippen LogP contribution in [-0.4, -0.2) is 24.5 Å². The highest BCUT2D eigenvalue weighted by Crippen LogP contribution is 2.30. The lowest BCUT2D eigenvalue weighted by Crippen LogP contribution is -2.50. The number of hydrogen-bond acceptors (Lipinski definition) is 4. The predicted molar refractivity (Wildman–Crippen MR) is 86.1 cm³/mol. The zero-order valence-corrected chi connectivity index (χ0v) is 13.5. The summed E-state index contributed by atoms with van der Waals surface area (Å²) in [6.07, 6.45) is -0.824. The fraction of sp³-hybridized carbons (Fsp3) is 0.125. The van der Waals surface area contributed by atoms with Crippen LogP contribution in [0.2, 0.25) is 0 Å². The molecule has 2 amide bonds. The number of halogens is 1. The minimum atomic E-state index is -0.824. The van der Waals surface area contributed by atoms with Crippen LogP contribution in [0, 0.1) is 0 Å². The van der Waals surface area contributed by atoms with Crippen molar-refractivity contribution in [3.8, 4) is 11.5 Å². The van der Waals surface area contributed by atoms with Crippen LogP contribution >= 0.6 is 15.9 Å². The van der Waals surface area contributed by atoms with Crippen molar-refractivity contribution in [3.63, 3.8) is 0 Å². The predicted octanol–water partition coefficient (Wildman–Crippen LogP) is 2.05. The minimum Gasteiger partial charge on any atom is -0.485 e. The fourth-order valence-corrected chi connectivity index (χ4v) is 2.29. The Kier molecular flexibility index (Phi) is 4.47. The molecule has 0 radical (unpaired) electrons. The van der Waals surface area contributed by atoms with Crippen molar-refractivity contribution in [2.45, 2.75) is 6.10 Å². The summed E-state index contributed by atoms with van der Waals surface area (Å²) in [5.41, 5.74) is 5.12. The number of hydrogen-bond donors (Lipinski definition) is 2. The summed E-state index contributed by atoms with van der Waals surface area (Å²) in [4.78, 5) is 24.0. The van der Waals surface area contributed by atoms with Crippen LogP contribution in [0.4, 0.5) is 0 Å². The van der Waals surface area contributed by atoms with Crippen molar-refractivity contribution in [3.05, 3.63) is 58.6 Å². The Bertz CT molecular complexity index is 733. The van der Waals surface area contributed by atoms with Gasteiger partial charge in [0.25, 0.3) is 11.8 Å². The van der Waals surface area contributed by atoms with E-state index in [0.29, 0.717) is 17.1 Å². The van der Waals surface area contributed by atoms with Gasteiger partial charge in [0, 0.05) is 10.0 Å². The number of para-hydroxylation sites is 2. The Hall–Kier alpha value is -2.54. The fourth-order valence-electron chi connectivity index (χ4n) is 2.02. The third kappa shape index (κ3) is 3.62. The second-order valence-electron chi connectivity index (χ2n) is 4.81. The Labute approximate surface area is 140 Å². The molecule has 0 aliphatic carbocycles. The largest absolute Gasteiger partial charge is 0.485 e. The molecule has 1 atom stereocenters. The van der Waals surface area contributed by atoms with Crippen LogP contribution in [0.15, 0.2) is 53.0 Å². The Morgan fingerprint density at radius 1 is 1.00 bits per heavy atom. The molecular weight excluding hydrogens is 364 g/mol. The topological polar surface area (TPSA) is 76.7 Å². The first kappa shape index (κ1) is 15.4. The molecule has 1 aliphatic heterocycles. The van der Waals surface area contributed by atoms with Crippen LogP contribution in [0.1, 0.15) is 10.4 Å². The molecule has 7 heteroatoms. The summed E-state index contributed by atoms with van der Waals surface area (Å²) in [5, 5.41) is 0. The standard InChI is InChI=1S/C16H13BrN2O4/c17-11-7-5-10(6-8-11)15(20)18-19-16(21)14-9-22-12-3-1-2-4-13(12)23-14/h1-8,14H,9H2,(H,18,20)(H,19,21). The normalized spacial score (nSPS) is 15.6. The van der Waals surface area contributed by atoms with Crippen molar-refractivity contribution in [1.82, 2.24) is 10.9 Å². The van der Waals surface area contributed by atoms with E-state index in [1.165, 1.54) is 0 Å². The van der Waals surface area contributed by atoms with Gasteiger partial charge in [-0.1, -0.05) is 28.1 Å². The van der Waals surface area contributed by atoms with Crippen molar-refractivity contribution < 1.29 is 19.1 Å². The first-order valence-electron chi connectivity index (χ1n) is 6.88. The van der Waals surface area contributed by atoms with Gasteiger partial charge in [-0.25, -0.2) is 0 Å². The molecule has 6 nitrogen and oxygen atoms in total. The minimum absolute atomic E-state index is 0.0804. The van der Waals surface area contributed by atoms with E-state index in [9.17, 15) is 9.59 Å². The highest BCUT2D eigenvalue weighted by molar-refractivity contribution is 9.10. The zero-order valence-electron chi connectivity index (χ0n) is 11.9. The summed E-state index contributed by atoms with van der Waals surface area (Å²) in [7, 11) is 0. The molecule has 0 fully saturated rings. The van der Waals surface area contributed by atoms with Crippen LogP contribution in [0.25, 0.3) is 0 Å². The second kappa shape index (κ2) is 6.70. The molecule has 0 saturated heterocycles. The van der Waals surface area contributed by atoms with E-state index in [0.717, 1.165) is 4.47 Å². The molecule has 1 unspecified atom stereocenters. The highest BCUT2D eigenvalue weighted by atomic mass is 79.9. The number of nitrogens with one attached hydrogen (secondary N) is 2. The molecule has 0 spiro atoms. The average Bonchev–Trinajstić information content (AvgIpc) is 2.59. The SMILES string of the molecule is O=C(NNC(=O)C1COc2ccccc2O1)c1ccc(Br)cc1. The van der Waals surface area contributed by atoms with Gasteiger partial charge in [-0.15, -0.1) is 0 Å². The number of amides is 2. The lowest BCUT2D eigenvalue weighted by Gasteiger charge is -2.25. The number of ether oxygens (including phenoxy) is 2. The van der Waals surface area contributed by atoms with Crippen LogP contribution < -0.4 is 20.3 Å². The summed E-state index contributed by atoms with van der Waals surface area (Å²) < 4.78 is 11.9. The molecule has 0 bridgehead atoms. The van der Waals surface area contributed by atoms with Crippen molar-refractivity contribution in [2.75, 3.05) is 6.61 Å². The van der Waals surface area contributed by atoms with Gasteiger partial charge in [0.1, 0.15) is 6.61 Å². The Morgan fingerprint density at radius 2 is 1.70 bits per heavy atom. The van der Waals surface area contributed by atoms with Gasteiger partial charge < -0.3 is 9.47 Å². The van der Waals surface area contributed by atoms with Gasteiger partial charge in [0.15, 0.2) is 11.5 Å². The zero-order chi connectivity index (χ0) is 16.2. The smallest absolute Gasteiger partial charge is 0.283 e. The third-order valence-electron chi connectivity index (χ3n) is 3.21. The highest BCUT2D eigenvalue weighted by Gasteiger charge is 2.27. The van der Waals surface area contributed by atoms with E-state index in [1.807, 2.05) is 6.07 Å². The van der Waals surface area contributed by atoms with Crippen molar-refractivity contribution in [1.29, 1.82) is 0 Å². The average molecular weight is 377 g/mol.